The molecule has 0 aliphatic carbocycles. The fourth-order valence-electron chi connectivity index (χ4n) is 4.54. The second-order valence-corrected chi connectivity index (χ2v) is 9.36. The highest BCUT2D eigenvalue weighted by Crippen LogP contribution is 2.39. The molecule has 1 atom stereocenters. The van der Waals surface area contributed by atoms with Crippen molar-refractivity contribution in [1.82, 2.24) is 15.2 Å². The van der Waals surface area contributed by atoms with Crippen LogP contribution in [0.25, 0.3) is 11.3 Å². The number of rotatable bonds is 6. The van der Waals surface area contributed by atoms with Gasteiger partial charge < -0.3 is 14.5 Å². The van der Waals surface area contributed by atoms with Gasteiger partial charge in [-0.25, -0.2) is 4.98 Å². The number of nitrogens with zero attached hydrogens (tertiary/aromatic N) is 2. The minimum absolute atomic E-state index is 0.0331. The van der Waals surface area contributed by atoms with Crippen molar-refractivity contribution >= 4 is 17.2 Å². The number of furan rings is 1. The van der Waals surface area contributed by atoms with Crippen LogP contribution in [0.4, 0.5) is 0 Å². The number of likely N-dealkylation sites (tertiary alicyclic amines) is 1. The Labute approximate surface area is 186 Å². The number of piperidine rings is 1. The fraction of sp³-hybridized carbons (Fsp3) is 0.417. The average Bonchev–Trinajstić information content (AvgIpc) is 3.57. The lowest BCUT2D eigenvalue weighted by Gasteiger charge is -2.39. The molecule has 6 nitrogen and oxygen atoms in total. The van der Waals surface area contributed by atoms with Crippen molar-refractivity contribution in [3.05, 3.63) is 64.9 Å². The van der Waals surface area contributed by atoms with Gasteiger partial charge in [-0.05, 0) is 37.8 Å². The first-order valence-corrected chi connectivity index (χ1v) is 11.8. The number of nitrogens with one attached hydrogen (secondary N) is 1. The Bertz CT molecular complexity index is 994. The molecule has 1 aromatic carbocycles. The van der Waals surface area contributed by atoms with Crippen molar-refractivity contribution in [2.45, 2.75) is 43.9 Å². The molecule has 1 spiro atoms. The molecular weight excluding hydrogens is 410 g/mol. The minimum atomic E-state index is -0.178. The van der Waals surface area contributed by atoms with Gasteiger partial charge in [0.2, 0.25) is 0 Å². The van der Waals surface area contributed by atoms with Gasteiger partial charge >= 0.3 is 0 Å². The van der Waals surface area contributed by atoms with Gasteiger partial charge in [0.05, 0.1) is 30.2 Å². The number of thiazole rings is 1. The quantitative estimate of drug-likeness (QED) is 0.621. The lowest BCUT2D eigenvalue weighted by Crippen LogP contribution is -2.44. The van der Waals surface area contributed by atoms with Crippen LogP contribution in [0.15, 0.2) is 58.5 Å². The Kier molecular flexibility index (Phi) is 5.89. The molecule has 4 heterocycles. The van der Waals surface area contributed by atoms with E-state index in [2.05, 4.69) is 39.9 Å². The summed E-state index contributed by atoms with van der Waals surface area (Å²) in [6.45, 7) is 3.47. The smallest absolute Gasteiger partial charge is 0.287 e. The van der Waals surface area contributed by atoms with Gasteiger partial charge in [0, 0.05) is 30.6 Å². The summed E-state index contributed by atoms with van der Waals surface area (Å²) in [4.78, 5) is 19.4. The highest BCUT2D eigenvalue weighted by Gasteiger charge is 2.42. The minimum Gasteiger partial charge on any atom is -0.459 e. The predicted octanol–water partition coefficient (Wildman–Crippen LogP) is 4.35. The Balaban J connectivity index is 1.09. The zero-order valence-corrected chi connectivity index (χ0v) is 18.3. The highest BCUT2D eigenvalue weighted by atomic mass is 32.1. The molecule has 2 aromatic heterocycles. The van der Waals surface area contributed by atoms with Crippen LogP contribution >= 0.6 is 11.3 Å². The topological polar surface area (TPSA) is 67.6 Å². The molecule has 162 valence electrons. The number of carbonyl (C=O) groups is 1. The van der Waals surface area contributed by atoms with Crippen LogP contribution in [0.2, 0.25) is 0 Å². The van der Waals surface area contributed by atoms with Crippen molar-refractivity contribution in [1.29, 1.82) is 0 Å². The first kappa shape index (κ1) is 20.4. The third-order valence-corrected chi connectivity index (χ3v) is 7.15. The van der Waals surface area contributed by atoms with E-state index in [9.17, 15) is 4.79 Å². The summed E-state index contributed by atoms with van der Waals surface area (Å²) in [6.07, 6.45) is 5.72. The molecular formula is C24H27N3O3S. The van der Waals surface area contributed by atoms with E-state index in [4.69, 9.17) is 14.1 Å². The van der Waals surface area contributed by atoms with E-state index in [-0.39, 0.29) is 17.6 Å². The molecule has 2 fully saturated rings. The van der Waals surface area contributed by atoms with Crippen molar-refractivity contribution in [3.8, 4) is 11.3 Å². The Morgan fingerprint density at radius 2 is 2.00 bits per heavy atom. The van der Waals surface area contributed by atoms with Crippen molar-refractivity contribution in [2.75, 3.05) is 19.6 Å². The summed E-state index contributed by atoms with van der Waals surface area (Å²) < 4.78 is 11.6. The van der Waals surface area contributed by atoms with E-state index in [1.807, 2.05) is 6.07 Å². The molecule has 0 radical (unpaired) electrons. The first-order valence-electron chi connectivity index (χ1n) is 10.9. The lowest BCUT2D eigenvalue weighted by atomic mass is 9.88. The number of hydrogen-bond acceptors (Lipinski definition) is 6. The summed E-state index contributed by atoms with van der Waals surface area (Å²) in [5.74, 6) is 0.168. The predicted molar refractivity (Wildman–Crippen MR) is 120 cm³/mol. The monoisotopic (exact) mass is 437 g/mol. The molecule has 1 unspecified atom stereocenters. The van der Waals surface area contributed by atoms with Crippen molar-refractivity contribution < 1.29 is 13.9 Å². The second kappa shape index (κ2) is 8.94. The molecule has 2 aliphatic heterocycles. The standard InChI is InChI=1S/C24H27N3O3S/c28-23(21-7-4-14-29-21)25-15-19-8-9-24(30-19)10-12-27(13-11-24)16-22-26-20(17-31-22)18-5-2-1-3-6-18/h1-7,14,17,19H,8-13,15-16H2,(H,25,28). The number of amides is 1. The van der Waals surface area contributed by atoms with E-state index in [0.717, 1.165) is 51.0 Å². The SMILES string of the molecule is O=C(NCC1CCC2(CCN(Cc3nc(-c4ccccc4)cs3)CC2)O1)c1ccco1. The fourth-order valence-corrected chi connectivity index (χ4v) is 5.39. The van der Waals surface area contributed by atoms with Gasteiger partial charge in [-0.3, -0.25) is 9.69 Å². The molecule has 31 heavy (non-hydrogen) atoms. The number of hydrogen-bond donors (Lipinski definition) is 1. The van der Waals surface area contributed by atoms with E-state index in [0.29, 0.717) is 12.3 Å². The van der Waals surface area contributed by atoms with Crippen LogP contribution in [0.5, 0.6) is 0 Å². The van der Waals surface area contributed by atoms with Gasteiger partial charge in [0.1, 0.15) is 5.01 Å². The van der Waals surface area contributed by atoms with Crippen LogP contribution in [0.1, 0.15) is 41.2 Å². The summed E-state index contributed by atoms with van der Waals surface area (Å²) in [6, 6.07) is 13.7. The molecule has 3 aromatic rings. The third kappa shape index (κ3) is 4.74. The summed E-state index contributed by atoms with van der Waals surface area (Å²) in [5.41, 5.74) is 2.20. The zero-order chi connectivity index (χ0) is 21.1. The number of benzene rings is 1. The van der Waals surface area contributed by atoms with E-state index >= 15 is 0 Å². The molecule has 1 N–H and O–H groups in total. The van der Waals surface area contributed by atoms with Gasteiger partial charge in [0.25, 0.3) is 5.91 Å². The van der Waals surface area contributed by atoms with Crippen LogP contribution < -0.4 is 5.32 Å². The van der Waals surface area contributed by atoms with E-state index in [1.54, 1.807) is 23.5 Å². The molecule has 0 saturated carbocycles. The largest absolute Gasteiger partial charge is 0.459 e. The molecule has 7 heteroatoms. The lowest BCUT2D eigenvalue weighted by molar-refractivity contribution is -0.0764. The van der Waals surface area contributed by atoms with Crippen molar-refractivity contribution in [2.24, 2.45) is 0 Å². The van der Waals surface area contributed by atoms with Gasteiger partial charge in [0.15, 0.2) is 5.76 Å². The van der Waals surface area contributed by atoms with Crippen molar-refractivity contribution in [3.63, 3.8) is 0 Å². The maximum absolute atomic E-state index is 12.1. The van der Waals surface area contributed by atoms with Crippen LogP contribution in [0, 0.1) is 0 Å². The number of aromatic nitrogens is 1. The molecule has 2 saturated heterocycles. The van der Waals surface area contributed by atoms with Gasteiger partial charge in [-0.2, -0.15) is 0 Å². The number of carbonyl (C=O) groups excluding carboxylic acids is 1. The maximum atomic E-state index is 12.1. The second-order valence-electron chi connectivity index (χ2n) is 8.42. The van der Waals surface area contributed by atoms with Gasteiger partial charge in [-0.1, -0.05) is 30.3 Å². The van der Waals surface area contributed by atoms with E-state index in [1.165, 1.54) is 16.8 Å². The maximum Gasteiger partial charge on any atom is 0.287 e. The molecule has 0 bridgehead atoms. The number of ether oxygens (including phenoxy) is 1. The Hall–Kier alpha value is -2.48. The van der Waals surface area contributed by atoms with Crippen LogP contribution in [0.3, 0.4) is 0 Å². The molecule has 1 amide bonds. The summed E-state index contributed by atoms with van der Waals surface area (Å²) in [5, 5.41) is 6.25. The van der Waals surface area contributed by atoms with Gasteiger partial charge in [-0.15, -0.1) is 11.3 Å². The van der Waals surface area contributed by atoms with E-state index < -0.39 is 0 Å². The van der Waals surface area contributed by atoms with Crippen LogP contribution in [-0.4, -0.2) is 47.1 Å². The Morgan fingerprint density at radius 3 is 2.77 bits per heavy atom. The third-order valence-electron chi connectivity index (χ3n) is 6.32. The van der Waals surface area contributed by atoms with Crippen LogP contribution in [-0.2, 0) is 11.3 Å². The Morgan fingerprint density at radius 1 is 1.16 bits per heavy atom. The summed E-state index contributed by atoms with van der Waals surface area (Å²) >= 11 is 1.74. The average molecular weight is 438 g/mol. The molecule has 5 rings (SSSR count). The molecule has 2 aliphatic rings. The normalized spacial score (nSPS) is 20.8. The zero-order valence-electron chi connectivity index (χ0n) is 17.5. The highest BCUT2D eigenvalue weighted by molar-refractivity contribution is 7.09. The summed E-state index contributed by atoms with van der Waals surface area (Å²) in [7, 11) is 0. The first-order chi connectivity index (χ1) is 15.2.